The molecule has 1 aromatic heterocycles. The third-order valence-electron chi connectivity index (χ3n) is 2.67. The normalized spacial score (nSPS) is 12.3. The quantitative estimate of drug-likeness (QED) is 0.753. The number of halogens is 1. The van der Waals surface area contributed by atoms with Gasteiger partial charge in [0.1, 0.15) is 11.9 Å². The monoisotopic (exact) mass is 311 g/mol. The van der Waals surface area contributed by atoms with E-state index in [1.165, 1.54) is 23.9 Å². The van der Waals surface area contributed by atoms with Gasteiger partial charge in [-0.25, -0.2) is 4.39 Å². The molecule has 0 fully saturated rings. The van der Waals surface area contributed by atoms with Gasteiger partial charge < -0.3 is 15.3 Å². The lowest BCUT2D eigenvalue weighted by Crippen LogP contribution is -2.30. The van der Waals surface area contributed by atoms with E-state index in [1.807, 2.05) is 0 Å². The molecule has 112 valence electrons. The summed E-state index contributed by atoms with van der Waals surface area (Å²) >= 11 is 1.46. The van der Waals surface area contributed by atoms with E-state index in [9.17, 15) is 9.18 Å². The summed E-state index contributed by atoms with van der Waals surface area (Å²) < 4.78 is 18.3. The number of nitrogens with two attached hydrogens (primary N) is 1. The molecule has 0 aliphatic heterocycles. The third-order valence-corrected chi connectivity index (χ3v) is 3.65. The van der Waals surface area contributed by atoms with Gasteiger partial charge in [0.25, 0.3) is 0 Å². The Morgan fingerprint density at radius 3 is 2.76 bits per heavy atom. The molecule has 0 saturated heterocycles. The lowest BCUT2D eigenvalue weighted by molar-refractivity contribution is -0.138. The zero-order valence-electron chi connectivity index (χ0n) is 11.0. The van der Waals surface area contributed by atoms with Crippen LogP contribution in [0.1, 0.15) is 12.3 Å². The topological polar surface area (TPSA) is 102 Å². The van der Waals surface area contributed by atoms with Crippen molar-refractivity contribution >= 4 is 17.7 Å². The van der Waals surface area contributed by atoms with Gasteiger partial charge in [0.05, 0.1) is 5.75 Å². The van der Waals surface area contributed by atoms with Gasteiger partial charge in [0.2, 0.25) is 11.8 Å². The minimum atomic E-state index is -1.01. The average Bonchev–Trinajstić information content (AvgIpc) is 2.93. The zero-order chi connectivity index (χ0) is 15.2. The number of hydrogen-bond donors (Lipinski definition) is 2. The Morgan fingerprint density at radius 2 is 2.10 bits per heavy atom. The van der Waals surface area contributed by atoms with Crippen LogP contribution in [0.4, 0.5) is 4.39 Å². The number of benzene rings is 1. The molecule has 0 bridgehead atoms. The highest BCUT2D eigenvalue weighted by Crippen LogP contribution is 2.20. The average molecular weight is 311 g/mol. The highest BCUT2D eigenvalue weighted by molar-refractivity contribution is 7.98. The van der Waals surface area contributed by atoms with Crippen LogP contribution < -0.4 is 5.73 Å². The number of aliphatic carboxylic acids is 1. The van der Waals surface area contributed by atoms with Gasteiger partial charge in [0, 0.05) is 5.56 Å². The smallest absolute Gasteiger partial charge is 0.320 e. The Bertz CT molecular complexity index is 603. The van der Waals surface area contributed by atoms with E-state index < -0.39 is 12.0 Å². The molecule has 0 radical (unpaired) electrons. The van der Waals surface area contributed by atoms with E-state index in [1.54, 1.807) is 12.1 Å². The molecule has 0 aliphatic rings. The SMILES string of the molecule is NC(CCSCc1nnc(-c2ccc(F)cc2)o1)C(=O)O. The van der Waals surface area contributed by atoms with Gasteiger partial charge in [-0.05, 0) is 36.4 Å². The van der Waals surface area contributed by atoms with E-state index in [4.69, 9.17) is 15.3 Å². The first kappa shape index (κ1) is 15.5. The second-order valence-corrected chi connectivity index (χ2v) is 5.40. The molecule has 21 heavy (non-hydrogen) atoms. The molecule has 0 spiro atoms. The number of nitrogens with zero attached hydrogens (tertiary/aromatic N) is 2. The highest BCUT2D eigenvalue weighted by atomic mass is 32.2. The van der Waals surface area contributed by atoms with E-state index in [2.05, 4.69) is 10.2 Å². The molecule has 8 heteroatoms. The summed E-state index contributed by atoms with van der Waals surface area (Å²) in [5.74, 6) is 0.481. The van der Waals surface area contributed by atoms with Crippen molar-refractivity contribution < 1.29 is 18.7 Å². The molecule has 3 N–H and O–H groups in total. The number of hydrogen-bond acceptors (Lipinski definition) is 6. The number of aromatic nitrogens is 2. The fourth-order valence-electron chi connectivity index (χ4n) is 1.51. The maximum absolute atomic E-state index is 12.8. The number of carbonyl (C=O) groups is 1. The summed E-state index contributed by atoms with van der Waals surface area (Å²) in [6.45, 7) is 0. The third kappa shape index (κ3) is 4.54. The van der Waals surface area contributed by atoms with Gasteiger partial charge in [-0.15, -0.1) is 10.2 Å². The molecule has 6 nitrogen and oxygen atoms in total. The Hall–Kier alpha value is -1.93. The molecule has 2 aromatic rings. The summed E-state index contributed by atoms with van der Waals surface area (Å²) in [4.78, 5) is 10.5. The Kier molecular flexibility index (Phi) is 5.29. The van der Waals surface area contributed by atoms with Crippen LogP contribution in [0.25, 0.3) is 11.5 Å². The number of thioether (sulfide) groups is 1. The highest BCUT2D eigenvalue weighted by Gasteiger charge is 2.12. The second kappa shape index (κ2) is 7.19. The van der Waals surface area contributed by atoms with E-state index in [-0.39, 0.29) is 5.82 Å². The van der Waals surface area contributed by atoms with Crippen LogP contribution in [0.15, 0.2) is 28.7 Å². The predicted molar refractivity (Wildman–Crippen MR) is 76.1 cm³/mol. The van der Waals surface area contributed by atoms with Crippen LogP contribution in [0, 0.1) is 5.82 Å². The first-order valence-corrected chi connectivity index (χ1v) is 7.36. The maximum Gasteiger partial charge on any atom is 0.320 e. The van der Waals surface area contributed by atoms with Crippen LogP contribution in [0.5, 0.6) is 0 Å². The summed E-state index contributed by atoms with van der Waals surface area (Å²) in [6, 6.07) is 4.91. The van der Waals surface area contributed by atoms with Gasteiger partial charge in [-0.2, -0.15) is 11.8 Å². The fraction of sp³-hybridized carbons (Fsp3) is 0.308. The first-order valence-electron chi connectivity index (χ1n) is 6.20. The van der Waals surface area contributed by atoms with Crippen LogP contribution in [0.3, 0.4) is 0 Å². The Morgan fingerprint density at radius 1 is 1.38 bits per heavy atom. The van der Waals surface area contributed by atoms with Crippen LogP contribution in [-0.2, 0) is 10.5 Å². The van der Waals surface area contributed by atoms with Gasteiger partial charge in [-0.3, -0.25) is 4.79 Å². The summed E-state index contributed by atoms with van der Waals surface area (Å²) in [5.41, 5.74) is 6.04. The molecular weight excluding hydrogens is 297 g/mol. The van der Waals surface area contributed by atoms with Crippen molar-refractivity contribution in [3.05, 3.63) is 36.0 Å². The van der Waals surface area contributed by atoms with Crippen molar-refractivity contribution in [3.63, 3.8) is 0 Å². The van der Waals surface area contributed by atoms with Crippen molar-refractivity contribution in [2.24, 2.45) is 5.73 Å². The van der Waals surface area contributed by atoms with E-state index in [0.717, 1.165) is 0 Å². The fourth-order valence-corrected chi connectivity index (χ4v) is 2.37. The molecule has 1 atom stereocenters. The Labute approximate surface area is 124 Å². The largest absolute Gasteiger partial charge is 0.480 e. The molecule has 0 amide bonds. The van der Waals surface area contributed by atoms with Crippen LogP contribution in [0.2, 0.25) is 0 Å². The standard InChI is InChI=1S/C13H14FN3O3S/c14-9-3-1-8(2-4-9)12-17-16-11(20-12)7-21-6-5-10(15)13(18)19/h1-4,10H,5-7,15H2,(H,18,19). The molecule has 1 aromatic carbocycles. The minimum absolute atomic E-state index is 0.327. The molecule has 1 unspecified atom stereocenters. The molecule has 0 saturated carbocycles. The van der Waals surface area contributed by atoms with Crippen molar-refractivity contribution in [3.8, 4) is 11.5 Å². The first-order chi connectivity index (χ1) is 10.1. The van der Waals surface area contributed by atoms with Crippen LogP contribution >= 0.6 is 11.8 Å². The predicted octanol–water partition coefficient (Wildman–Crippen LogP) is 1.91. The zero-order valence-corrected chi connectivity index (χ0v) is 11.8. The number of carboxylic acid groups (broad SMARTS) is 1. The molecule has 1 heterocycles. The Balaban J connectivity index is 1.83. The van der Waals surface area contributed by atoms with E-state index >= 15 is 0 Å². The van der Waals surface area contributed by atoms with Crippen molar-refractivity contribution in [1.82, 2.24) is 10.2 Å². The molecular formula is C13H14FN3O3S. The maximum atomic E-state index is 12.8. The summed E-state index contributed by atoms with van der Waals surface area (Å²) in [6.07, 6.45) is 0.374. The summed E-state index contributed by atoms with van der Waals surface area (Å²) in [7, 11) is 0. The van der Waals surface area contributed by atoms with Gasteiger partial charge >= 0.3 is 5.97 Å². The van der Waals surface area contributed by atoms with E-state index in [0.29, 0.717) is 35.3 Å². The van der Waals surface area contributed by atoms with Crippen molar-refractivity contribution in [1.29, 1.82) is 0 Å². The van der Waals surface area contributed by atoms with Crippen LogP contribution in [-0.4, -0.2) is 33.1 Å². The molecule has 0 aliphatic carbocycles. The van der Waals surface area contributed by atoms with Crippen molar-refractivity contribution in [2.75, 3.05) is 5.75 Å². The number of rotatable bonds is 7. The summed E-state index contributed by atoms with van der Waals surface area (Å²) in [5, 5.41) is 16.4. The van der Waals surface area contributed by atoms with Gasteiger partial charge in [-0.1, -0.05) is 0 Å². The lowest BCUT2D eigenvalue weighted by atomic mass is 10.2. The van der Waals surface area contributed by atoms with Gasteiger partial charge in [0.15, 0.2) is 0 Å². The lowest BCUT2D eigenvalue weighted by Gasteiger charge is -2.04. The van der Waals surface area contributed by atoms with Crippen molar-refractivity contribution in [2.45, 2.75) is 18.2 Å². The molecule has 2 rings (SSSR count). The second-order valence-electron chi connectivity index (χ2n) is 4.29. The minimum Gasteiger partial charge on any atom is -0.480 e. The number of carboxylic acids is 1.